The topological polar surface area (TPSA) is 98.2 Å². The second kappa shape index (κ2) is 7.66. The van der Waals surface area contributed by atoms with Crippen LogP contribution in [0.4, 0.5) is 5.82 Å². The lowest BCUT2D eigenvalue weighted by Crippen LogP contribution is -2.31. The molecule has 31 heavy (non-hydrogen) atoms. The van der Waals surface area contributed by atoms with Crippen LogP contribution in [0.25, 0.3) is 11.0 Å². The first kappa shape index (κ1) is 20.0. The molecule has 7 heteroatoms. The number of aryl methyl sites for hydroxylation is 2. The van der Waals surface area contributed by atoms with Crippen molar-refractivity contribution < 1.29 is 9.84 Å². The average Bonchev–Trinajstić information content (AvgIpc) is 3.25. The average molecular weight is 420 g/mol. The van der Waals surface area contributed by atoms with Crippen molar-refractivity contribution in [2.75, 3.05) is 12.3 Å². The maximum atomic E-state index is 11.2. The highest BCUT2D eigenvalue weighted by Gasteiger charge is 2.44. The van der Waals surface area contributed by atoms with E-state index in [-0.39, 0.29) is 18.1 Å². The molecule has 2 aromatic heterocycles. The van der Waals surface area contributed by atoms with E-state index in [0.29, 0.717) is 12.2 Å². The molecule has 4 atom stereocenters. The summed E-state index contributed by atoms with van der Waals surface area (Å²) in [6.45, 7) is 9.87. The van der Waals surface area contributed by atoms with E-state index in [2.05, 4.69) is 45.5 Å². The van der Waals surface area contributed by atoms with Gasteiger partial charge in [0.2, 0.25) is 0 Å². The van der Waals surface area contributed by atoms with Crippen molar-refractivity contribution in [3.05, 3.63) is 59.6 Å². The third-order valence-electron chi connectivity index (χ3n) is 6.75. The highest BCUT2D eigenvalue weighted by Crippen LogP contribution is 2.42. The minimum atomic E-state index is -0.660. The summed E-state index contributed by atoms with van der Waals surface area (Å²) in [7, 11) is 0. The van der Waals surface area contributed by atoms with E-state index in [1.54, 1.807) is 0 Å². The number of hydrogen-bond donors (Lipinski definition) is 3. The normalized spacial score (nSPS) is 25.5. The fourth-order valence-electron chi connectivity index (χ4n) is 5.26. The van der Waals surface area contributed by atoms with Gasteiger partial charge < -0.3 is 25.5 Å². The van der Waals surface area contributed by atoms with Crippen molar-refractivity contribution in [3.63, 3.8) is 0 Å². The Kier molecular flexibility index (Phi) is 4.95. The highest BCUT2D eigenvalue weighted by atomic mass is 16.5. The molecule has 5 rings (SSSR count). The Morgan fingerprint density at radius 3 is 2.97 bits per heavy atom. The fraction of sp³-hybridized carbons (Fsp3) is 0.417. The number of benzene rings is 1. The van der Waals surface area contributed by atoms with E-state index in [4.69, 9.17) is 10.5 Å². The van der Waals surface area contributed by atoms with Gasteiger partial charge in [0, 0.05) is 36.7 Å². The number of rotatable bonds is 4. The van der Waals surface area contributed by atoms with Crippen LogP contribution in [-0.4, -0.2) is 38.4 Å². The molecule has 3 heterocycles. The summed E-state index contributed by atoms with van der Waals surface area (Å²) in [4.78, 5) is 8.62. The van der Waals surface area contributed by atoms with Crippen LogP contribution in [-0.2, 0) is 13.0 Å². The number of hydrogen-bond acceptors (Lipinski definition) is 6. The monoisotopic (exact) mass is 419 g/mol. The molecule has 0 saturated heterocycles. The Hall–Kier alpha value is -2.90. The third-order valence-corrected chi connectivity index (χ3v) is 6.75. The van der Waals surface area contributed by atoms with Crippen LogP contribution < -0.4 is 15.8 Å². The van der Waals surface area contributed by atoms with Crippen molar-refractivity contribution >= 4 is 16.9 Å². The van der Waals surface area contributed by atoms with Crippen molar-refractivity contribution in [3.8, 4) is 5.75 Å². The van der Waals surface area contributed by atoms with E-state index < -0.39 is 6.10 Å². The first-order valence-corrected chi connectivity index (χ1v) is 10.9. The summed E-state index contributed by atoms with van der Waals surface area (Å²) in [5.41, 5.74) is 11.6. The minimum Gasteiger partial charge on any atom is -0.487 e. The highest BCUT2D eigenvalue weighted by molar-refractivity contribution is 5.89. The molecule has 1 fully saturated rings. The largest absolute Gasteiger partial charge is 0.487 e. The molecule has 0 amide bonds. The maximum Gasteiger partial charge on any atom is 0.146 e. The summed E-state index contributed by atoms with van der Waals surface area (Å²) < 4.78 is 8.59. The third kappa shape index (κ3) is 3.28. The SMILES string of the molecule is C=C[C@@H]1[C@H](O)[C@@H](Oc2cc(C)cc3c2CNCC3)C[C@H]1n1cc(C)c2c(N)ncnc21. The number of nitrogens with two attached hydrogens (primary N) is 1. The second-order valence-corrected chi connectivity index (χ2v) is 8.77. The Balaban J connectivity index is 1.50. The maximum absolute atomic E-state index is 11.2. The number of fused-ring (bicyclic) bond motifs is 2. The van der Waals surface area contributed by atoms with Gasteiger partial charge in [0.25, 0.3) is 0 Å². The van der Waals surface area contributed by atoms with Crippen LogP contribution in [0.15, 0.2) is 37.3 Å². The quantitative estimate of drug-likeness (QED) is 0.563. The van der Waals surface area contributed by atoms with Gasteiger partial charge >= 0.3 is 0 Å². The van der Waals surface area contributed by atoms with Crippen molar-refractivity contribution in [2.24, 2.45) is 5.92 Å². The summed E-state index contributed by atoms with van der Waals surface area (Å²) in [5, 5.41) is 15.5. The van der Waals surface area contributed by atoms with Gasteiger partial charge in [-0.3, -0.25) is 0 Å². The lowest BCUT2D eigenvalue weighted by atomic mass is 9.97. The van der Waals surface area contributed by atoms with Crippen molar-refractivity contribution in [1.82, 2.24) is 19.9 Å². The lowest BCUT2D eigenvalue weighted by molar-refractivity contribution is 0.0437. The number of aliphatic hydroxyl groups excluding tert-OH is 1. The molecule has 1 saturated carbocycles. The van der Waals surface area contributed by atoms with E-state index >= 15 is 0 Å². The van der Waals surface area contributed by atoms with Crippen LogP contribution in [0.2, 0.25) is 0 Å². The summed E-state index contributed by atoms with van der Waals surface area (Å²) in [5.74, 6) is 1.19. The minimum absolute atomic E-state index is 0.0261. The zero-order valence-corrected chi connectivity index (χ0v) is 18.0. The van der Waals surface area contributed by atoms with E-state index in [1.165, 1.54) is 23.0 Å². The molecule has 0 spiro atoms. The van der Waals surface area contributed by atoms with Gasteiger partial charge in [-0.1, -0.05) is 12.1 Å². The Morgan fingerprint density at radius 1 is 1.32 bits per heavy atom. The van der Waals surface area contributed by atoms with Crippen LogP contribution in [0.3, 0.4) is 0 Å². The van der Waals surface area contributed by atoms with Crippen molar-refractivity contribution in [1.29, 1.82) is 0 Å². The molecule has 0 unspecified atom stereocenters. The van der Waals surface area contributed by atoms with E-state index in [9.17, 15) is 5.11 Å². The van der Waals surface area contributed by atoms with Crippen LogP contribution in [0.1, 0.15) is 34.7 Å². The number of aromatic nitrogens is 3. The molecular weight excluding hydrogens is 390 g/mol. The molecule has 1 aromatic carbocycles. The molecule has 0 radical (unpaired) electrons. The first-order valence-electron chi connectivity index (χ1n) is 10.9. The number of nitrogen functional groups attached to an aromatic ring is 1. The predicted octanol–water partition coefficient (Wildman–Crippen LogP) is 2.83. The summed E-state index contributed by atoms with van der Waals surface area (Å²) in [6, 6.07) is 4.29. The summed E-state index contributed by atoms with van der Waals surface area (Å²) >= 11 is 0. The van der Waals surface area contributed by atoms with Crippen LogP contribution in [0, 0.1) is 19.8 Å². The van der Waals surface area contributed by atoms with Gasteiger partial charge in [0.1, 0.15) is 29.6 Å². The van der Waals surface area contributed by atoms with Gasteiger partial charge in [-0.25, -0.2) is 9.97 Å². The zero-order chi connectivity index (χ0) is 21.7. The predicted molar refractivity (Wildman–Crippen MR) is 121 cm³/mol. The molecule has 7 nitrogen and oxygen atoms in total. The van der Waals surface area contributed by atoms with Crippen LogP contribution in [0.5, 0.6) is 5.75 Å². The zero-order valence-electron chi connectivity index (χ0n) is 18.0. The van der Waals surface area contributed by atoms with Gasteiger partial charge in [-0.05, 0) is 49.6 Å². The molecule has 1 aliphatic heterocycles. The molecule has 3 aromatic rings. The van der Waals surface area contributed by atoms with Crippen molar-refractivity contribution in [2.45, 2.75) is 51.5 Å². The fourth-order valence-corrected chi connectivity index (χ4v) is 5.26. The van der Waals surface area contributed by atoms with Gasteiger partial charge in [0.05, 0.1) is 11.5 Å². The molecule has 1 aliphatic carbocycles. The number of aliphatic hydroxyl groups is 1. The Labute approximate surface area is 182 Å². The van der Waals surface area contributed by atoms with Gasteiger partial charge in [0.15, 0.2) is 0 Å². The van der Waals surface area contributed by atoms with Crippen LogP contribution >= 0.6 is 0 Å². The Morgan fingerprint density at radius 2 is 2.16 bits per heavy atom. The molecule has 0 bridgehead atoms. The first-order chi connectivity index (χ1) is 15.0. The number of anilines is 1. The molecule has 2 aliphatic rings. The smallest absolute Gasteiger partial charge is 0.146 e. The number of nitrogens with one attached hydrogen (secondary N) is 1. The molecule has 162 valence electrons. The standard InChI is InChI=1S/C24H29N5O2/c1-4-16-18(29-11-14(3)21-23(25)27-12-28-24(21)29)9-20(22(16)30)31-19-8-13(2)7-15-5-6-26-10-17(15)19/h4,7-8,11-12,16,18,20,22,26,30H,1,5-6,9-10H2,2-3H3,(H2,25,27,28)/t16-,18+,20-,22-/m0/s1. The van der Waals surface area contributed by atoms with Gasteiger partial charge in [-0.15, -0.1) is 6.58 Å². The molecule has 4 N–H and O–H groups in total. The van der Waals surface area contributed by atoms with E-state index in [1.807, 2.05) is 19.2 Å². The second-order valence-electron chi connectivity index (χ2n) is 8.77. The number of nitrogens with zero attached hydrogens (tertiary/aromatic N) is 3. The lowest BCUT2D eigenvalue weighted by Gasteiger charge is -2.25. The van der Waals surface area contributed by atoms with E-state index in [0.717, 1.165) is 41.9 Å². The molecular formula is C24H29N5O2. The Bertz CT molecular complexity index is 1150. The number of ether oxygens (including phenoxy) is 1. The van der Waals surface area contributed by atoms with Gasteiger partial charge in [-0.2, -0.15) is 0 Å². The summed E-state index contributed by atoms with van der Waals surface area (Å²) in [6.07, 6.45) is 6.02.